The second kappa shape index (κ2) is 22.3. The molecule has 0 aliphatic carbocycles. The summed E-state index contributed by atoms with van der Waals surface area (Å²) in [5.41, 5.74) is 10.7. The van der Waals surface area contributed by atoms with Crippen molar-refractivity contribution in [1.29, 1.82) is 0 Å². The van der Waals surface area contributed by atoms with Gasteiger partial charge < -0.3 is 53.2 Å². The first kappa shape index (κ1) is 40.8. The molecule has 0 bridgehead atoms. The number of nitrogens with one attached hydrogen (secondary N) is 4. The number of hydrogen-bond acceptors (Lipinski definition) is 12. The zero-order valence-corrected chi connectivity index (χ0v) is 25.5. The maximum Gasteiger partial charge on any atom is 2.00 e. The third kappa shape index (κ3) is 20.2. The van der Waals surface area contributed by atoms with Gasteiger partial charge in [0.15, 0.2) is 0 Å². The van der Waals surface area contributed by atoms with E-state index in [1.807, 2.05) is 0 Å². The summed E-state index contributed by atoms with van der Waals surface area (Å²) in [7, 11) is 1.89. The average Bonchev–Trinajstić information content (AvgIpc) is 2.87. The molecular weight excluding hydrogens is 620 g/mol. The van der Waals surface area contributed by atoms with Crippen LogP contribution in [0.2, 0.25) is 0 Å². The molecular formula is C20H32CaN6O12S2+2. The maximum absolute atomic E-state index is 12.4. The minimum Gasteiger partial charge on any atom is -0.480 e. The summed E-state index contributed by atoms with van der Waals surface area (Å²) >= 11 is 0. The maximum atomic E-state index is 12.4. The van der Waals surface area contributed by atoms with E-state index in [0.29, 0.717) is 0 Å². The second-order valence-electron chi connectivity index (χ2n) is 8.00. The number of carboxylic acid groups (broad SMARTS) is 4. The van der Waals surface area contributed by atoms with E-state index in [4.69, 9.17) is 31.9 Å². The van der Waals surface area contributed by atoms with Crippen LogP contribution in [0, 0.1) is 0 Å². The number of carbonyl (C=O) groups excluding carboxylic acids is 4. The van der Waals surface area contributed by atoms with Gasteiger partial charge in [-0.25, -0.2) is 0 Å². The number of amides is 4. The Bertz CT molecular complexity index is 886. The average molecular weight is 653 g/mol. The molecule has 0 unspecified atom stereocenters. The van der Waals surface area contributed by atoms with Gasteiger partial charge >= 0.3 is 61.6 Å². The van der Waals surface area contributed by atoms with E-state index in [2.05, 4.69) is 21.3 Å². The van der Waals surface area contributed by atoms with Crippen LogP contribution in [0.15, 0.2) is 0 Å². The SMILES string of the molecule is N[C@@H](CCC(=O)N[C@@H](CSSC[C@H](NC(=O)CC[C@H](N)C(=O)O)C(=O)NCC(=O)O)C(=O)NCC(=O)O)C(=O)O.[Ca+2]. The van der Waals surface area contributed by atoms with Crippen LogP contribution in [0.3, 0.4) is 0 Å². The Labute approximate surface area is 271 Å². The molecule has 21 heteroatoms. The summed E-state index contributed by atoms with van der Waals surface area (Å²) < 4.78 is 0. The van der Waals surface area contributed by atoms with Crippen LogP contribution in [0.1, 0.15) is 25.7 Å². The quantitative estimate of drug-likeness (QED) is 0.0319. The van der Waals surface area contributed by atoms with Gasteiger partial charge in [0.05, 0.1) is 0 Å². The second-order valence-corrected chi connectivity index (χ2v) is 10.6. The van der Waals surface area contributed by atoms with E-state index >= 15 is 0 Å². The molecule has 4 amide bonds. The van der Waals surface area contributed by atoms with Crippen molar-refractivity contribution in [2.75, 3.05) is 24.6 Å². The van der Waals surface area contributed by atoms with Crippen LogP contribution >= 0.6 is 21.6 Å². The number of nitrogens with two attached hydrogens (primary N) is 2. The summed E-state index contributed by atoms with van der Waals surface area (Å²) in [4.78, 5) is 92.3. The number of carbonyl (C=O) groups is 8. The number of aliphatic carboxylic acids is 4. The van der Waals surface area contributed by atoms with Crippen LogP contribution < -0.4 is 32.7 Å². The van der Waals surface area contributed by atoms with E-state index in [1.165, 1.54) is 0 Å². The van der Waals surface area contributed by atoms with Gasteiger partial charge in [0.25, 0.3) is 0 Å². The van der Waals surface area contributed by atoms with E-state index < -0.39 is 84.8 Å². The normalized spacial score (nSPS) is 13.2. The van der Waals surface area contributed by atoms with Gasteiger partial charge in [0, 0.05) is 24.3 Å². The predicted molar refractivity (Wildman–Crippen MR) is 146 cm³/mol. The Balaban J connectivity index is 0. The molecule has 0 fully saturated rings. The molecule has 0 spiro atoms. The van der Waals surface area contributed by atoms with Crippen LogP contribution in [-0.2, 0) is 38.4 Å². The monoisotopic (exact) mass is 652 g/mol. The molecule has 18 nitrogen and oxygen atoms in total. The smallest absolute Gasteiger partial charge is 0.480 e. The fourth-order valence-electron chi connectivity index (χ4n) is 2.52. The molecule has 41 heavy (non-hydrogen) atoms. The number of rotatable bonds is 21. The summed E-state index contributed by atoms with van der Waals surface area (Å²) in [5, 5.41) is 44.1. The summed E-state index contributed by atoms with van der Waals surface area (Å²) in [6.07, 6.45) is -1.12. The summed E-state index contributed by atoms with van der Waals surface area (Å²) in [5.74, 6) is -8.81. The molecule has 0 radical (unpaired) electrons. The first-order valence-corrected chi connectivity index (χ1v) is 13.9. The van der Waals surface area contributed by atoms with Crippen molar-refractivity contribution in [3.8, 4) is 0 Å². The Morgan fingerprint density at radius 1 is 0.610 bits per heavy atom. The van der Waals surface area contributed by atoms with E-state index in [-0.39, 0.29) is 74.9 Å². The Kier molecular flexibility index (Phi) is 22.1. The topological polar surface area (TPSA) is 318 Å². The van der Waals surface area contributed by atoms with Crippen molar-refractivity contribution in [2.24, 2.45) is 11.5 Å². The van der Waals surface area contributed by atoms with Gasteiger partial charge in [-0.1, -0.05) is 21.6 Å². The molecule has 0 rings (SSSR count). The summed E-state index contributed by atoms with van der Waals surface area (Å²) in [6.45, 7) is -1.48. The van der Waals surface area contributed by atoms with Crippen molar-refractivity contribution in [3.63, 3.8) is 0 Å². The molecule has 0 saturated heterocycles. The third-order valence-electron chi connectivity index (χ3n) is 4.68. The van der Waals surface area contributed by atoms with E-state index in [1.54, 1.807) is 0 Å². The van der Waals surface area contributed by atoms with Crippen molar-refractivity contribution in [3.05, 3.63) is 0 Å². The molecule has 0 aromatic heterocycles. The Morgan fingerprint density at radius 3 is 1.20 bits per heavy atom. The van der Waals surface area contributed by atoms with Gasteiger partial charge in [0.2, 0.25) is 23.6 Å². The fourth-order valence-corrected chi connectivity index (χ4v) is 4.85. The molecule has 0 aromatic rings. The van der Waals surface area contributed by atoms with Crippen molar-refractivity contribution < 1.29 is 58.8 Å². The van der Waals surface area contributed by atoms with E-state index in [0.717, 1.165) is 21.6 Å². The standard InChI is InChI=1S/C20H32N6O12S2.Ca/c21-9(19(35)36)1-3-13(27)25-11(17(33)23-5-15(29)30)7-39-40-8-12(18(34)24-6-16(31)32)26-14(28)4-2-10(22)20(37)38;/h9-12H,1-8,21-22H2,(H,23,33)(H,24,34)(H,25,27)(H,26,28)(H,29,30)(H,31,32)(H,35,36)(H,37,38);/q;+2/t9-,10-,11-,12-;/m0./s1. The fraction of sp³-hybridized carbons (Fsp3) is 0.600. The molecule has 0 aliphatic heterocycles. The molecule has 226 valence electrons. The molecule has 0 heterocycles. The first-order valence-electron chi connectivity index (χ1n) is 11.4. The molecule has 0 aliphatic rings. The van der Waals surface area contributed by atoms with Crippen molar-refractivity contribution >= 4 is 107 Å². The van der Waals surface area contributed by atoms with Gasteiger partial charge in [-0.15, -0.1) is 0 Å². The third-order valence-corrected chi connectivity index (χ3v) is 7.11. The zero-order valence-electron chi connectivity index (χ0n) is 21.7. The molecule has 0 saturated carbocycles. The molecule has 12 N–H and O–H groups in total. The van der Waals surface area contributed by atoms with Crippen molar-refractivity contribution in [1.82, 2.24) is 21.3 Å². The van der Waals surface area contributed by atoms with Crippen LogP contribution in [0.5, 0.6) is 0 Å². The number of hydrogen-bond donors (Lipinski definition) is 10. The molecule has 4 atom stereocenters. The largest absolute Gasteiger partial charge is 2.00 e. The van der Waals surface area contributed by atoms with Gasteiger partial charge in [-0.2, -0.15) is 0 Å². The summed E-state index contributed by atoms with van der Waals surface area (Å²) in [6, 6.07) is -5.16. The Morgan fingerprint density at radius 2 is 0.927 bits per heavy atom. The van der Waals surface area contributed by atoms with Gasteiger partial charge in [-0.05, 0) is 12.8 Å². The predicted octanol–water partition coefficient (Wildman–Crippen LogP) is -4.26. The zero-order chi connectivity index (χ0) is 30.8. The molecule has 0 aromatic carbocycles. The van der Waals surface area contributed by atoms with Gasteiger partial charge in [0.1, 0.15) is 37.3 Å². The van der Waals surface area contributed by atoms with Crippen LogP contribution in [0.25, 0.3) is 0 Å². The van der Waals surface area contributed by atoms with Crippen LogP contribution in [0.4, 0.5) is 0 Å². The van der Waals surface area contributed by atoms with E-state index in [9.17, 15) is 38.4 Å². The van der Waals surface area contributed by atoms with Crippen LogP contribution in [-0.4, -0.2) is 154 Å². The minimum absolute atomic E-state index is 0. The Hall–Kier alpha value is -2.36. The minimum atomic E-state index is -1.34. The first-order chi connectivity index (χ1) is 18.6. The van der Waals surface area contributed by atoms with Gasteiger partial charge in [-0.3, -0.25) is 38.4 Å². The van der Waals surface area contributed by atoms with Crippen molar-refractivity contribution in [2.45, 2.75) is 49.9 Å². The number of carboxylic acids is 4.